The molecule has 1 aliphatic carbocycles. The van der Waals surface area contributed by atoms with Gasteiger partial charge in [0.25, 0.3) is 0 Å². The van der Waals surface area contributed by atoms with E-state index in [4.69, 9.17) is 5.11 Å². The molecule has 2 fully saturated rings. The van der Waals surface area contributed by atoms with Crippen LogP contribution in [0.5, 0.6) is 0 Å². The molecule has 0 radical (unpaired) electrons. The number of hydrazine groups is 1. The molecule has 1 saturated heterocycles. The molecule has 0 bridgehead atoms. The van der Waals surface area contributed by atoms with Crippen molar-refractivity contribution in [2.24, 2.45) is 5.92 Å². The first-order chi connectivity index (χ1) is 9.09. The van der Waals surface area contributed by atoms with Gasteiger partial charge < -0.3 is 5.11 Å². The third-order valence-corrected chi connectivity index (χ3v) is 4.30. The van der Waals surface area contributed by atoms with Crippen molar-refractivity contribution in [3.05, 3.63) is 0 Å². The topological polar surface area (TPSA) is 60.9 Å². The van der Waals surface area contributed by atoms with Crippen LogP contribution in [-0.2, 0) is 9.59 Å². The van der Waals surface area contributed by atoms with Crippen LogP contribution >= 0.6 is 0 Å². The summed E-state index contributed by atoms with van der Waals surface area (Å²) in [7, 11) is 0. The fourth-order valence-electron chi connectivity index (χ4n) is 3.37. The molecule has 1 unspecified atom stereocenters. The molecule has 2 rings (SSSR count). The maximum absolute atomic E-state index is 12.0. The Labute approximate surface area is 114 Å². The number of carboxylic acids is 1. The lowest BCUT2D eigenvalue weighted by Crippen LogP contribution is -2.55. The summed E-state index contributed by atoms with van der Waals surface area (Å²) < 4.78 is 0. The number of nitrogens with zero attached hydrogens (tertiary/aromatic N) is 2. The normalized spacial score (nSPS) is 26.1. The third kappa shape index (κ3) is 3.47. The van der Waals surface area contributed by atoms with E-state index in [2.05, 4.69) is 0 Å². The van der Waals surface area contributed by atoms with Crippen LogP contribution in [-0.4, -0.2) is 46.1 Å². The van der Waals surface area contributed by atoms with Crippen molar-refractivity contribution in [3.8, 4) is 0 Å². The Morgan fingerprint density at radius 1 is 1.11 bits per heavy atom. The molecule has 108 valence electrons. The molecule has 0 aromatic heterocycles. The van der Waals surface area contributed by atoms with E-state index in [1.54, 1.807) is 6.92 Å². The zero-order chi connectivity index (χ0) is 13.8. The zero-order valence-corrected chi connectivity index (χ0v) is 11.7. The molecule has 1 atom stereocenters. The van der Waals surface area contributed by atoms with Crippen LogP contribution in [0.4, 0.5) is 0 Å². The predicted octanol–water partition coefficient (Wildman–Crippen LogP) is 1.88. The molecule has 5 heteroatoms. The molecular formula is C14H24N2O3. The van der Waals surface area contributed by atoms with Gasteiger partial charge in [-0.25, -0.2) is 5.01 Å². The van der Waals surface area contributed by atoms with Crippen LogP contribution in [0.2, 0.25) is 0 Å². The van der Waals surface area contributed by atoms with Crippen LogP contribution in [0.25, 0.3) is 0 Å². The Morgan fingerprint density at radius 3 is 2.37 bits per heavy atom. The van der Waals surface area contributed by atoms with Gasteiger partial charge in [-0.15, -0.1) is 0 Å². The van der Waals surface area contributed by atoms with E-state index in [-0.39, 0.29) is 17.9 Å². The average Bonchev–Trinajstić information content (AvgIpc) is 2.40. The Hall–Kier alpha value is -1.10. The zero-order valence-electron chi connectivity index (χ0n) is 11.7. The Kier molecular flexibility index (Phi) is 4.80. The highest BCUT2D eigenvalue weighted by molar-refractivity contribution is 5.73. The van der Waals surface area contributed by atoms with Crippen molar-refractivity contribution in [1.82, 2.24) is 10.0 Å². The summed E-state index contributed by atoms with van der Waals surface area (Å²) in [6, 6.07) is 0.277. The lowest BCUT2D eigenvalue weighted by atomic mass is 9.94. The van der Waals surface area contributed by atoms with Crippen LogP contribution < -0.4 is 0 Å². The number of rotatable bonds is 3. The molecule has 1 N–H and O–H groups in total. The maximum Gasteiger partial charge on any atom is 0.307 e. The lowest BCUT2D eigenvalue weighted by Gasteiger charge is -2.44. The van der Waals surface area contributed by atoms with E-state index in [0.29, 0.717) is 6.54 Å². The van der Waals surface area contributed by atoms with Crippen molar-refractivity contribution < 1.29 is 14.7 Å². The summed E-state index contributed by atoms with van der Waals surface area (Å²) in [6.45, 7) is 2.88. The second-order valence-electron chi connectivity index (χ2n) is 5.75. The quantitative estimate of drug-likeness (QED) is 0.849. The number of carbonyl (C=O) groups is 2. The van der Waals surface area contributed by atoms with Gasteiger partial charge in [-0.05, 0) is 25.7 Å². The summed E-state index contributed by atoms with van der Waals surface area (Å²) in [5.74, 6) is -1.02. The van der Waals surface area contributed by atoms with Gasteiger partial charge in [0.2, 0.25) is 5.91 Å². The Balaban J connectivity index is 2.05. The highest BCUT2D eigenvalue weighted by Crippen LogP contribution is 2.27. The molecule has 19 heavy (non-hydrogen) atoms. The number of hydrogen-bond acceptors (Lipinski definition) is 3. The van der Waals surface area contributed by atoms with E-state index >= 15 is 0 Å². The van der Waals surface area contributed by atoms with Crippen LogP contribution in [0, 0.1) is 5.92 Å². The molecule has 0 aromatic carbocycles. The SMILES string of the molecule is CC(=O)N(C1CCCCC1)N1CCCC(C(=O)O)C1. The predicted molar refractivity (Wildman–Crippen MR) is 71.3 cm³/mol. The van der Waals surface area contributed by atoms with Crippen molar-refractivity contribution in [1.29, 1.82) is 0 Å². The summed E-state index contributed by atoms with van der Waals surface area (Å²) in [5.41, 5.74) is 0. The number of carboxylic acid groups (broad SMARTS) is 1. The average molecular weight is 268 g/mol. The van der Waals surface area contributed by atoms with Crippen LogP contribution in [0.1, 0.15) is 51.9 Å². The number of aliphatic carboxylic acids is 1. The first-order valence-corrected chi connectivity index (χ1v) is 7.37. The van der Waals surface area contributed by atoms with Gasteiger partial charge in [-0.1, -0.05) is 19.3 Å². The number of amides is 1. The second kappa shape index (κ2) is 6.37. The monoisotopic (exact) mass is 268 g/mol. The highest BCUT2D eigenvalue weighted by Gasteiger charge is 2.33. The standard InChI is InChI=1S/C14H24N2O3/c1-11(17)16(13-7-3-2-4-8-13)15-9-5-6-12(10-15)14(18)19/h12-13H,2-10H2,1H3,(H,18,19). The van der Waals surface area contributed by atoms with Gasteiger partial charge in [-0.2, -0.15) is 0 Å². The fourth-order valence-corrected chi connectivity index (χ4v) is 3.37. The van der Waals surface area contributed by atoms with E-state index < -0.39 is 5.97 Å². The molecule has 1 heterocycles. The minimum Gasteiger partial charge on any atom is -0.481 e. The summed E-state index contributed by atoms with van der Waals surface area (Å²) in [6.07, 6.45) is 7.27. The summed E-state index contributed by atoms with van der Waals surface area (Å²) >= 11 is 0. The highest BCUT2D eigenvalue weighted by atomic mass is 16.4. The molecule has 5 nitrogen and oxygen atoms in total. The first-order valence-electron chi connectivity index (χ1n) is 7.37. The number of piperidine rings is 1. The molecule has 2 aliphatic rings. The van der Waals surface area contributed by atoms with Gasteiger partial charge >= 0.3 is 5.97 Å². The molecule has 0 spiro atoms. The Bertz CT molecular complexity index is 340. The van der Waals surface area contributed by atoms with Gasteiger partial charge in [0, 0.05) is 26.1 Å². The van der Waals surface area contributed by atoms with Gasteiger partial charge in [-0.3, -0.25) is 14.6 Å². The van der Waals surface area contributed by atoms with Crippen molar-refractivity contribution in [2.75, 3.05) is 13.1 Å². The van der Waals surface area contributed by atoms with Crippen molar-refractivity contribution >= 4 is 11.9 Å². The molecular weight excluding hydrogens is 244 g/mol. The van der Waals surface area contributed by atoms with E-state index in [9.17, 15) is 9.59 Å². The van der Waals surface area contributed by atoms with E-state index in [0.717, 1.165) is 32.2 Å². The van der Waals surface area contributed by atoms with Crippen LogP contribution in [0.15, 0.2) is 0 Å². The minimum atomic E-state index is -0.739. The fraction of sp³-hybridized carbons (Fsp3) is 0.857. The van der Waals surface area contributed by atoms with Gasteiger partial charge in [0.05, 0.1) is 5.92 Å². The van der Waals surface area contributed by atoms with Crippen LogP contribution in [0.3, 0.4) is 0 Å². The lowest BCUT2D eigenvalue weighted by molar-refractivity contribution is -0.165. The van der Waals surface area contributed by atoms with Gasteiger partial charge in [0.1, 0.15) is 0 Å². The smallest absolute Gasteiger partial charge is 0.307 e. The number of hydrogen-bond donors (Lipinski definition) is 1. The maximum atomic E-state index is 12.0. The summed E-state index contributed by atoms with van der Waals surface area (Å²) in [4.78, 5) is 23.1. The molecule has 1 saturated carbocycles. The molecule has 1 amide bonds. The molecule has 0 aromatic rings. The first kappa shape index (κ1) is 14.3. The van der Waals surface area contributed by atoms with Crippen molar-refractivity contribution in [2.45, 2.75) is 57.9 Å². The largest absolute Gasteiger partial charge is 0.481 e. The van der Waals surface area contributed by atoms with Gasteiger partial charge in [0.15, 0.2) is 0 Å². The Morgan fingerprint density at radius 2 is 1.79 bits per heavy atom. The molecule has 1 aliphatic heterocycles. The third-order valence-electron chi connectivity index (χ3n) is 4.30. The van der Waals surface area contributed by atoms with E-state index in [1.165, 1.54) is 19.3 Å². The van der Waals surface area contributed by atoms with E-state index in [1.807, 2.05) is 10.0 Å². The summed E-state index contributed by atoms with van der Waals surface area (Å²) in [5, 5.41) is 13.0. The number of carbonyl (C=O) groups excluding carboxylic acids is 1. The second-order valence-corrected chi connectivity index (χ2v) is 5.75. The van der Waals surface area contributed by atoms with Crippen molar-refractivity contribution in [3.63, 3.8) is 0 Å². The minimum absolute atomic E-state index is 0.0536.